The van der Waals surface area contributed by atoms with Crippen molar-refractivity contribution in [1.29, 1.82) is 0 Å². The first-order valence-electron chi connectivity index (χ1n) is 13.2. The number of methoxy groups -OCH3 is 1. The van der Waals surface area contributed by atoms with Crippen LogP contribution in [0.1, 0.15) is 59.5 Å². The number of thiazole rings is 1. The minimum absolute atomic E-state index is 0.000865. The Morgan fingerprint density at radius 1 is 1.14 bits per heavy atom. The molecule has 0 radical (unpaired) electrons. The molecule has 9 heteroatoms. The Labute approximate surface area is 217 Å². The van der Waals surface area contributed by atoms with Gasteiger partial charge in [0, 0.05) is 57.7 Å². The Hall–Kier alpha value is -2.65. The number of piperidine rings is 2. The van der Waals surface area contributed by atoms with E-state index in [-0.39, 0.29) is 24.0 Å². The fourth-order valence-corrected chi connectivity index (χ4v) is 6.85. The number of carbonyl (C=O) groups is 2. The summed E-state index contributed by atoms with van der Waals surface area (Å²) in [7, 11) is 1.72. The molecular formula is C27H37N5O3S. The monoisotopic (exact) mass is 511 g/mol. The molecule has 36 heavy (non-hydrogen) atoms. The largest absolute Gasteiger partial charge is 0.385 e. The van der Waals surface area contributed by atoms with Crippen molar-refractivity contribution < 1.29 is 14.3 Å². The lowest BCUT2D eigenvalue weighted by atomic mass is 9.99. The number of hydrogen-bond donors (Lipinski definition) is 1. The maximum Gasteiger partial charge on any atom is 0.322 e. The second kappa shape index (κ2) is 11.2. The predicted octanol–water partition coefficient (Wildman–Crippen LogP) is 4.54. The van der Waals surface area contributed by atoms with Crippen molar-refractivity contribution in [2.24, 2.45) is 0 Å². The predicted molar refractivity (Wildman–Crippen MR) is 143 cm³/mol. The Balaban J connectivity index is 1.21. The van der Waals surface area contributed by atoms with Gasteiger partial charge in [-0.15, -0.1) is 0 Å². The summed E-state index contributed by atoms with van der Waals surface area (Å²) in [5.74, 6) is 0.118. The van der Waals surface area contributed by atoms with Crippen LogP contribution in [0.4, 0.5) is 15.6 Å². The number of carbonyl (C=O) groups excluding carboxylic acids is 2. The number of fused-ring (bicyclic) bond motifs is 1. The molecule has 2 fully saturated rings. The summed E-state index contributed by atoms with van der Waals surface area (Å²) in [5.41, 5.74) is 2.94. The van der Waals surface area contributed by atoms with Gasteiger partial charge < -0.3 is 24.8 Å². The van der Waals surface area contributed by atoms with E-state index in [4.69, 9.17) is 9.72 Å². The van der Waals surface area contributed by atoms with Gasteiger partial charge in [-0.05, 0) is 63.5 Å². The molecule has 1 unspecified atom stereocenters. The zero-order valence-electron chi connectivity index (χ0n) is 21.4. The Bertz CT molecular complexity index is 1080. The summed E-state index contributed by atoms with van der Waals surface area (Å²) < 4.78 is 5.29. The summed E-state index contributed by atoms with van der Waals surface area (Å²) in [4.78, 5) is 38.4. The third-order valence-corrected chi connectivity index (χ3v) is 9.05. The van der Waals surface area contributed by atoms with Gasteiger partial charge in [-0.25, -0.2) is 9.78 Å². The number of amides is 3. The Morgan fingerprint density at radius 2 is 1.94 bits per heavy atom. The van der Waals surface area contributed by atoms with Crippen LogP contribution in [0.5, 0.6) is 0 Å². The fourth-order valence-electron chi connectivity index (χ4n) is 5.78. The second-order valence-electron chi connectivity index (χ2n) is 10.1. The number of benzene rings is 1. The summed E-state index contributed by atoms with van der Waals surface area (Å²) in [5, 5.41) is 4.02. The zero-order chi connectivity index (χ0) is 25.1. The molecule has 3 amide bonds. The molecule has 1 aromatic heterocycles. The quantitative estimate of drug-likeness (QED) is 0.616. The molecule has 1 atom stereocenters. The molecule has 4 heterocycles. The normalized spacial score (nSPS) is 21.2. The molecule has 1 N–H and O–H groups in total. The minimum atomic E-state index is 0.000865. The van der Waals surface area contributed by atoms with Gasteiger partial charge in [-0.2, -0.15) is 0 Å². The van der Waals surface area contributed by atoms with E-state index < -0.39 is 0 Å². The van der Waals surface area contributed by atoms with Crippen molar-refractivity contribution >= 4 is 34.1 Å². The van der Waals surface area contributed by atoms with E-state index in [0.717, 1.165) is 86.1 Å². The van der Waals surface area contributed by atoms with Gasteiger partial charge in [-0.1, -0.05) is 29.5 Å². The second-order valence-corrected chi connectivity index (χ2v) is 11.1. The minimum Gasteiger partial charge on any atom is -0.385 e. The van der Waals surface area contributed by atoms with Crippen molar-refractivity contribution in [3.05, 3.63) is 40.4 Å². The van der Waals surface area contributed by atoms with Gasteiger partial charge >= 0.3 is 6.03 Å². The lowest BCUT2D eigenvalue weighted by molar-refractivity contribution is 0.0557. The molecule has 3 aliphatic heterocycles. The third kappa shape index (κ3) is 5.22. The van der Waals surface area contributed by atoms with E-state index in [2.05, 4.69) is 21.2 Å². The van der Waals surface area contributed by atoms with Crippen LogP contribution in [-0.4, -0.2) is 78.7 Å². The van der Waals surface area contributed by atoms with Crippen LogP contribution in [0.25, 0.3) is 0 Å². The molecule has 2 saturated heterocycles. The lowest BCUT2D eigenvalue weighted by Crippen LogP contribution is -2.48. The number of rotatable bonds is 6. The maximum absolute atomic E-state index is 13.5. The number of urea groups is 1. The zero-order valence-corrected chi connectivity index (χ0v) is 22.2. The average molecular weight is 512 g/mol. The van der Waals surface area contributed by atoms with Crippen molar-refractivity contribution in [2.45, 2.75) is 64.0 Å². The SMILES string of the molecule is COCCC1CCCCN1C(=O)c1sc(N2CCC(N3CCc4ccccc4NC3=O)CC2)nc1C. The number of hydrogen-bond acceptors (Lipinski definition) is 6. The van der Waals surface area contributed by atoms with E-state index in [1.807, 2.05) is 30.0 Å². The van der Waals surface area contributed by atoms with Crippen LogP contribution in [-0.2, 0) is 11.2 Å². The van der Waals surface area contributed by atoms with Crippen molar-refractivity contribution in [3.63, 3.8) is 0 Å². The summed E-state index contributed by atoms with van der Waals surface area (Å²) in [6.07, 6.45) is 6.82. The van der Waals surface area contributed by atoms with E-state index in [0.29, 0.717) is 6.61 Å². The highest BCUT2D eigenvalue weighted by molar-refractivity contribution is 7.17. The number of anilines is 2. The number of aryl methyl sites for hydroxylation is 1. The first kappa shape index (κ1) is 25.0. The first-order valence-corrected chi connectivity index (χ1v) is 14.0. The fraction of sp³-hybridized carbons (Fsp3) is 0.593. The highest BCUT2D eigenvalue weighted by Crippen LogP contribution is 2.32. The van der Waals surface area contributed by atoms with Crippen molar-refractivity contribution in [1.82, 2.24) is 14.8 Å². The van der Waals surface area contributed by atoms with Crippen LogP contribution in [0.15, 0.2) is 24.3 Å². The maximum atomic E-state index is 13.5. The lowest BCUT2D eigenvalue weighted by Gasteiger charge is -2.37. The molecule has 0 saturated carbocycles. The number of para-hydroxylation sites is 1. The van der Waals surface area contributed by atoms with Gasteiger partial charge in [-0.3, -0.25) is 4.79 Å². The molecule has 0 aliphatic carbocycles. The molecule has 5 rings (SSSR count). The molecule has 1 aromatic carbocycles. The van der Waals surface area contributed by atoms with Crippen LogP contribution >= 0.6 is 11.3 Å². The molecule has 194 valence electrons. The van der Waals surface area contributed by atoms with Crippen molar-refractivity contribution in [2.75, 3.05) is 50.1 Å². The van der Waals surface area contributed by atoms with Crippen LogP contribution in [0.2, 0.25) is 0 Å². The van der Waals surface area contributed by atoms with Crippen LogP contribution < -0.4 is 10.2 Å². The van der Waals surface area contributed by atoms with Gasteiger partial charge in [0.05, 0.1) is 5.69 Å². The number of likely N-dealkylation sites (tertiary alicyclic amines) is 1. The smallest absolute Gasteiger partial charge is 0.322 e. The molecule has 0 spiro atoms. The third-order valence-electron chi connectivity index (χ3n) is 7.84. The number of aromatic nitrogens is 1. The Kier molecular flexibility index (Phi) is 7.76. The van der Waals surface area contributed by atoms with Crippen LogP contribution in [0.3, 0.4) is 0 Å². The summed E-state index contributed by atoms with van der Waals surface area (Å²) in [6, 6.07) is 8.53. The summed E-state index contributed by atoms with van der Waals surface area (Å²) >= 11 is 1.53. The topological polar surface area (TPSA) is 78.0 Å². The summed E-state index contributed by atoms with van der Waals surface area (Å²) in [6.45, 7) is 5.85. The molecule has 0 bridgehead atoms. The highest BCUT2D eigenvalue weighted by Gasteiger charge is 2.33. The molecular weight excluding hydrogens is 474 g/mol. The standard InChI is InChI=1S/C27H37N5O3S/c1-19-24(25(33)31-14-6-5-8-21(31)13-18-35-2)36-27(28-19)30-15-11-22(12-16-30)32-17-10-20-7-3-4-9-23(20)29-26(32)34/h3-4,7,9,21-22H,5-6,8,10-18H2,1-2H3,(H,29,34). The van der Waals surface area contributed by atoms with E-state index in [1.165, 1.54) is 23.3 Å². The Morgan fingerprint density at radius 3 is 2.75 bits per heavy atom. The van der Waals surface area contributed by atoms with Gasteiger partial charge in [0.15, 0.2) is 5.13 Å². The molecule has 2 aromatic rings. The van der Waals surface area contributed by atoms with E-state index in [1.54, 1.807) is 7.11 Å². The van der Waals surface area contributed by atoms with E-state index >= 15 is 0 Å². The first-order chi connectivity index (χ1) is 17.5. The molecule has 3 aliphatic rings. The van der Waals surface area contributed by atoms with Crippen molar-refractivity contribution in [3.8, 4) is 0 Å². The molecule has 8 nitrogen and oxygen atoms in total. The van der Waals surface area contributed by atoms with Crippen LogP contribution in [0, 0.1) is 6.92 Å². The van der Waals surface area contributed by atoms with Gasteiger partial charge in [0.2, 0.25) is 0 Å². The number of nitrogens with zero attached hydrogens (tertiary/aromatic N) is 4. The number of nitrogens with one attached hydrogen (secondary N) is 1. The van der Waals surface area contributed by atoms with Gasteiger partial charge in [0.1, 0.15) is 4.88 Å². The van der Waals surface area contributed by atoms with Gasteiger partial charge in [0.25, 0.3) is 5.91 Å². The average Bonchev–Trinajstić information content (AvgIpc) is 3.21. The highest BCUT2D eigenvalue weighted by atomic mass is 32.1. The van der Waals surface area contributed by atoms with E-state index in [9.17, 15) is 9.59 Å². The number of ether oxygens (including phenoxy) is 1.